The van der Waals surface area contributed by atoms with E-state index in [4.69, 9.17) is 11.5 Å². The molecule has 9 nitrogen and oxygen atoms in total. The predicted octanol–water partition coefficient (Wildman–Crippen LogP) is 3.79. The highest BCUT2D eigenvalue weighted by Gasteiger charge is 2.36. The van der Waals surface area contributed by atoms with Crippen molar-refractivity contribution >= 4 is 22.7 Å². The van der Waals surface area contributed by atoms with E-state index >= 15 is 0 Å². The van der Waals surface area contributed by atoms with Crippen LogP contribution < -0.4 is 16.4 Å². The van der Waals surface area contributed by atoms with Gasteiger partial charge in [-0.3, -0.25) is 4.98 Å². The number of aromatic nitrogens is 6. The summed E-state index contributed by atoms with van der Waals surface area (Å²) in [7, 11) is 0. The standard InChI is InChI=1S/C27H24F3N9/c28-18-6-5-16(9-19(18)29)20-10-17(12-39-15-36-24-25(31)34-14-35-26(24)39)21(11-33-20)38-8-2-7-27(32,13-38)22-3-1-4-23(30)37-22/h1,3-6,9-11,14-15H,2,7-8,12-13,32H2,(H2,31,34,35)/t27-/m1/s1. The number of benzene rings is 1. The van der Waals surface area contributed by atoms with Gasteiger partial charge in [-0.2, -0.15) is 4.39 Å². The van der Waals surface area contributed by atoms with Gasteiger partial charge in [0.1, 0.15) is 11.8 Å². The van der Waals surface area contributed by atoms with Gasteiger partial charge in [0.2, 0.25) is 5.95 Å². The Morgan fingerprint density at radius 1 is 0.974 bits per heavy atom. The molecule has 4 N–H and O–H groups in total. The summed E-state index contributed by atoms with van der Waals surface area (Å²) in [4.78, 5) is 23.4. The van der Waals surface area contributed by atoms with Crippen molar-refractivity contribution in [3.8, 4) is 11.3 Å². The van der Waals surface area contributed by atoms with Crippen molar-refractivity contribution in [1.82, 2.24) is 29.5 Å². The zero-order valence-corrected chi connectivity index (χ0v) is 20.7. The third-order valence-electron chi connectivity index (χ3n) is 7.04. The Morgan fingerprint density at radius 2 is 1.85 bits per heavy atom. The van der Waals surface area contributed by atoms with Gasteiger partial charge in [0.25, 0.3) is 0 Å². The van der Waals surface area contributed by atoms with Gasteiger partial charge >= 0.3 is 0 Å². The minimum absolute atomic E-state index is 0.266. The molecule has 1 fully saturated rings. The molecule has 1 aliphatic heterocycles. The second-order valence-corrected chi connectivity index (χ2v) is 9.66. The Balaban J connectivity index is 1.42. The van der Waals surface area contributed by atoms with Crippen LogP contribution in [0.25, 0.3) is 22.4 Å². The molecule has 39 heavy (non-hydrogen) atoms. The van der Waals surface area contributed by atoms with Crippen LogP contribution in [0.2, 0.25) is 0 Å². The van der Waals surface area contributed by atoms with Crippen molar-refractivity contribution in [1.29, 1.82) is 0 Å². The summed E-state index contributed by atoms with van der Waals surface area (Å²) in [6.45, 7) is 1.39. The fourth-order valence-corrected chi connectivity index (χ4v) is 5.10. The molecule has 1 saturated heterocycles. The minimum Gasteiger partial charge on any atom is -0.382 e. The first kappa shape index (κ1) is 24.7. The second kappa shape index (κ2) is 9.62. The topological polar surface area (TPSA) is 125 Å². The lowest BCUT2D eigenvalue weighted by atomic mass is 9.86. The van der Waals surface area contributed by atoms with Gasteiger partial charge in [-0.25, -0.2) is 28.7 Å². The Bertz CT molecular complexity index is 1690. The van der Waals surface area contributed by atoms with Crippen molar-refractivity contribution in [3.63, 3.8) is 0 Å². The molecular formula is C27H24F3N9. The van der Waals surface area contributed by atoms with Gasteiger partial charge in [0.15, 0.2) is 23.1 Å². The van der Waals surface area contributed by atoms with Crippen molar-refractivity contribution in [2.45, 2.75) is 24.9 Å². The highest BCUT2D eigenvalue weighted by Crippen LogP contribution is 2.34. The summed E-state index contributed by atoms with van der Waals surface area (Å²) in [5, 5.41) is 0. The first-order valence-corrected chi connectivity index (χ1v) is 12.3. The molecule has 1 atom stereocenters. The molecule has 1 aliphatic rings. The maximum Gasteiger partial charge on any atom is 0.213 e. The minimum atomic E-state index is -0.959. The lowest BCUT2D eigenvalue weighted by Gasteiger charge is -2.41. The maximum atomic E-state index is 14.0. The highest BCUT2D eigenvalue weighted by molar-refractivity contribution is 5.81. The fourth-order valence-electron chi connectivity index (χ4n) is 5.10. The first-order chi connectivity index (χ1) is 18.8. The summed E-state index contributed by atoms with van der Waals surface area (Å²) < 4.78 is 43.4. The van der Waals surface area contributed by atoms with E-state index in [9.17, 15) is 13.2 Å². The molecule has 0 bridgehead atoms. The van der Waals surface area contributed by atoms with E-state index in [1.54, 1.807) is 24.7 Å². The molecule has 0 unspecified atom stereocenters. The molecule has 0 amide bonds. The summed E-state index contributed by atoms with van der Waals surface area (Å²) in [5.74, 6) is -2.21. The molecule has 1 aromatic carbocycles. The zero-order valence-electron chi connectivity index (χ0n) is 20.7. The number of halogens is 3. The molecule has 6 rings (SSSR count). The molecule has 0 saturated carbocycles. The van der Waals surface area contributed by atoms with E-state index < -0.39 is 23.1 Å². The fraction of sp³-hybridized carbons (Fsp3) is 0.222. The van der Waals surface area contributed by atoms with Crippen molar-refractivity contribution in [2.75, 3.05) is 23.7 Å². The van der Waals surface area contributed by atoms with E-state index in [1.165, 1.54) is 18.5 Å². The SMILES string of the molecule is Nc1ncnc2c1ncn2Cc1cc(-c2ccc(F)c(F)c2)ncc1N1CCC[C@](N)(c2cccc(F)n2)C1. The molecule has 0 aliphatic carbocycles. The average Bonchev–Trinajstić information content (AvgIpc) is 3.34. The number of rotatable bonds is 5. The van der Waals surface area contributed by atoms with Gasteiger partial charge in [-0.15, -0.1) is 0 Å². The Kier molecular flexibility index (Phi) is 6.10. The third kappa shape index (κ3) is 4.63. The quantitative estimate of drug-likeness (QED) is 0.328. The van der Waals surface area contributed by atoms with Gasteiger partial charge in [0, 0.05) is 18.7 Å². The summed E-state index contributed by atoms with van der Waals surface area (Å²) >= 11 is 0. The van der Waals surface area contributed by atoms with Crippen LogP contribution in [-0.2, 0) is 12.1 Å². The highest BCUT2D eigenvalue weighted by atomic mass is 19.2. The molecule has 0 spiro atoms. The third-order valence-corrected chi connectivity index (χ3v) is 7.04. The monoisotopic (exact) mass is 531 g/mol. The number of pyridine rings is 2. The van der Waals surface area contributed by atoms with Crippen molar-refractivity contribution in [2.24, 2.45) is 5.73 Å². The van der Waals surface area contributed by atoms with Gasteiger partial charge in [0.05, 0.1) is 41.7 Å². The normalized spacial score (nSPS) is 17.6. The predicted molar refractivity (Wildman–Crippen MR) is 140 cm³/mol. The summed E-state index contributed by atoms with van der Waals surface area (Å²) in [6.07, 6.45) is 6.07. The number of anilines is 2. The molecule has 5 heterocycles. The zero-order chi connectivity index (χ0) is 27.1. The number of piperidine rings is 1. The van der Waals surface area contributed by atoms with Crippen LogP contribution in [0.1, 0.15) is 24.1 Å². The number of fused-ring (bicyclic) bond motifs is 1. The van der Waals surface area contributed by atoms with Crippen LogP contribution in [0.4, 0.5) is 24.7 Å². The number of nitrogens with zero attached hydrogens (tertiary/aromatic N) is 7. The van der Waals surface area contributed by atoms with Gasteiger partial charge < -0.3 is 20.9 Å². The van der Waals surface area contributed by atoms with E-state index in [0.717, 1.165) is 29.8 Å². The van der Waals surface area contributed by atoms with Crippen LogP contribution in [0.15, 0.2) is 61.3 Å². The van der Waals surface area contributed by atoms with Crippen molar-refractivity contribution < 1.29 is 13.2 Å². The number of nitrogen functional groups attached to an aromatic ring is 1. The molecule has 0 radical (unpaired) electrons. The van der Waals surface area contributed by atoms with Gasteiger partial charge in [-0.05, 0) is 54.8 Å². The summed E-state index contributed by atoms with van der Waals surface area (Å²) in [6, 6.07) is 10.1. The van der Waals surface area contributed by atoms with Crippen LogP contribution in [-0.4, -0.2) is 42.6 Å². The number of hydrogen-bond acceptors (Lipinski definition) is 8. The smallest absolute Gasteiger partial charge is 0.213 e. The molecular weight excluding hydrogens is 507 g/mol. The van der Waals surface area contributed by atoms with E-state index in [2.05, 4.69) is 29.8 Å². The average molecular weight is 532 g/mol. The van der Waals surface area contributed by atoms with E-state index in [0.29, 0.717) is 54.2 Å². The molecule has 12 heteroatoms. The number of imidazole rings is 1. The van der Waals surface area contributed by atoms with E-state index in [1.807, 2.05) is 10.6 Å². The maximum absolute atomic E-state index is 14.0. The lowest BCUT2D eigenvalue weighted by Crippen LogP contribution is -2.52. The summed E-state index contributed by atoms with van der Waals surface area (Å²) in [5.41, 5.74) is 15.9. The van der Waals surface area contributed by atoms with Crippen molar-refractivity contribution in [3.05, 3.63) is 90.2 Å². The van der Waals surface area contributed by atoms with Crippen LogP contribution in [0.3, 0.4) is 0 Å². The molecule has 5 aromatic rings. The largest absolute Gasteiger partial charge is 0.382 e. The van der Waals surface area contributed by atoms with Gasteiger partial charge in [-0.1, -0.05) is 6.07 Å². The molecule has 198 valence electrons. The number of nitrogens with two attached hydrogens (primary N) is 2. The Hall–Kier alpha value is -4.58. The second-order valence-electron chi connectivity index (χ2n) is 9.66. The number of hydrogen-bond donors (Lipinski definition) is 2. The van der Waals surface area contributed by atoms with Crippen LogP contribution in [0, 0.1) is 17.6 Å². The first-order valence-electron chi connectivity index (χ1n) is 12.3. The van der Waals surface area contributed by atoms with Crippen LogP contribution >= 0.6 is 0 Å². The Morgan fingerprint density at radius 3 is 2.67 bits per heavy atom. The van der Waals surface area contributed by atoms with Crippen LogP contribution in [0.5, 0.6) is 0 Å². The lowest BCUT2D eigenvalue weighted by molar-refractivity contribution is 0.340. The molecule has 4 aromatic heterocycles. The Labute approximate surface area is 221 Å². The van der Waals surface area contributed by atoms with E-state index in [-0.39, 0.29) is 5.82 Å².